The van der Waals surface area contributed by atoms with Crippen molar-refractivity contribution in [3.8, 4) is 0 Å². The first-order valence-electron chi connectivity index (χ1n) is 6.02. The zero-order valence-electron chi connectivity index (χ0n) is 10.9. The van der Waals surface area contributed by atoms with Crippen molar-refractivity contribution in [2.24, 2.45) is 5.73 Å². The minimum absolute atomic E-state index is 0.328. The van der Waals surface area contributed by atoms with Gasteiger partial charge in [0.15, 0.2) is 0 Å². The molecule has 1 aromatic rings. The van der Waals surface area contributed by atoms with E-state index in [0.29, 0.717) is 12.2 Å². The maximum Gasteiger partial charge on any atom is 0.326 e. The van der Waals surface area contributed by atoms with E-state index >= 15 is 0 Å². The van der Waals surface area contributed by atoms with Gasteiger partial charge in [0.2, 0.25) is 5.91 Å². The monoisotopic (exact) mass is 345 g/mol. The average molecular weight is 346 g/mol. The molecule has 1 atom stereocenters. The van der Waals surface area contributed by atoms with E-state index in [1.807, 2.05) is 6.92 Å². The van der Waals surface area contributed by atoms with Gasteiger partial charge < -0.3 is 20.7 Å². The lowest BCUT2D eigenvalue weighted by Gasteiger charge is -2.14. The summed E-state index contributed by atoms with van der Waals surface area (Å²) in [5.41, 5.74) is 5.29. The predicted molar refractivity (Wildman–Crippen MR) is 75.1 cm³/mol. The van der Waals surface area contributed by atoms with E-state index in [9.17, 15) is 14.4 Å². The molecule has 1 aromatic heterocycles. The Hall–Kier alpha value is -1.83. The zero-order valence-corrected chi connectivity index (χ0v) is 12.5. The number of carbonyl (C=O) groups is 3. The van der Waals surface area contributed by atoms with Crippen LogP contribution in [0.4, 0.5) is 0 Å². The van der Waals surface area contributed by atoms with Gasteiger partial charge in [-0.3, -0.25) is 9.59 Å². The molecule has 110 valence electrons. The Morgan fingerprint density at radius 3 is 2.65 bits per heavy atom. The molecule has 7 nitrogen and oxygen atoms in total. The summed E-state index contributed by atoms with van der Waals surface area (Å²) in [7, 11) is 0. The van der Waals surface area contributed by atoms with Gasteiger partial charge in [-0.1, -0.05) is 6.92 Å². The molecule has 1 rings (SSSR count). The molecule has 8 heteroatoms. The van der Waals surface area contributed by atoms with Crippen LogP contribution in [0.3, 0.4) is 0 Å². The van der Waals surface area contributed by atoms with Crippen molar-refractivity contribution in [1.29, 1.82) is 0 Å². The van der Waals surface area contributed by atoms with E-state index in [2.05, 4.69) is 21.2 Å². The van der Waals surface area contributed by atoms with Gasteiger partial charge in [0, 0.05) is 17.2 Å². The average Bonchev–Trinajstić information content (AvgIpc) is 2.69. The number of carboxylic acids is 1. The first kappa shape index (κ1) is 16.2. The van der Waals surface area contributed by atoms with E-state index < -0.39 is 30.2 Å². The third-order valence-electron chi connectivity index (χ3n) is 2.57. The molecule has 20 heavy (non-hydrogen) atoms. The largest absolute Gasteiger partial charge is 0.480 e. The lowest BCUT2D eigenvalue weighted by Crippen LogP contribution is -2.43. The van der Waals surface area contributed by atoms with Gasteiger partial charge in [0.25, 0.3) is 5.91 Å². The molecule has 0 saturated heterocycles. The number of nitrogens with one attached hydrogen (secondary N) is 1. The summed E-state index contributed by atoms with van der Waals surface area (Å²) < 4.78 is 2.43. The molecule has 2 amide bonds. The smallest absolute Gasteiger partial charge is 0.326 e. The zero-order chi connectivity index (χ0) is 15.3. The Morgan fingerprint density at radius 2 is 2.15 bits per heavy atom. The number of carboxylic acid groups (broad SMARTS) is 1. The minimum atomic E-state index is -1.33. The molecule has 0 saturated carbocycles. The molecule has 0 aliphatic heterocycles. The van der Waals surface area contributed by atoms with Crippen LogP contribution in [0.25, 0.3) is 0 Å². The number of aryl methyl sites for hydroxylation is 1. The predicted octanol–water partition coefficient (Wildman–Crippen LogP) is 0.719. The molecule has 4 N–H and O–H groups in total. The third kappa shape index (κ3) is 4.37. The second-order valence-electron chi connectivity index (χ2n) is 4.27. The minimum Gasteiger partial charge on any atom is -0.480 e. The fourth-order valence-electron chi connectivity index (χ4n) is 1.72. The molecule has 0 aromatic carbocycles. The van der Waals surface area contributed by atoms with Crippen molar-refractivity contribution in [3.05, 3.63) is 22.4 Å². The van der Waals surface area contributed by atoms with Gasteiger partial charge in [0.1, 0.15) is 11.7 Å². The summed E-state index contributed by atoms with van der Waals surface area (Å²) in [6.45, 7) is 2.59. The first-order chi connectivity index (χ1) is 9.35. The van der Waals surface area contributed by atoms with E-state index in [1.54, 1.807) is 16.8 Å². The number of aliphatic carboxylic acids is 1. The van der Waals surface area contributed by atoms with Crippen LogP contribution in [0.15, 0.2) is 16.7 Å². The number of rotatable bonds is 7. The molecular formula is C12H16BrN3O4. The number of aromatic nitrogens is 1. The topological polar surface area (TPSA) is 114 Å². The number of carbonyl (C=O) groups excluding carboxylic acids is 2. The highest BCUT2D eigenvalue weighted by Gasteiger charge is 2.24. The number of hydrogen-bond acceptors (Lipinski definition) is 3. The van der Waals surface area contributed by atoms with Gasteiger partial charge in [-0.2, -0.15) is 0 Å². The van der Waals surface area contributed by atoms with E-state index in [1.165, 1.54) is 0 Å². The number of hydrogen-bond donors (Lipinski definition) is 3. The Labute approximate surface area is 124 Å². The van der Waals surface area contributed by atoms with Crippen LogP contribution in [0.2, 0.25) is 0 Å². The van der Waals surface area contributed by atoms with Crippen LogP contribution < -0.4 is 11.1 Å². The molecule has 0 spiro atoms. The summed E-state index contributed by atoms with van der Waals surface area (Å²) >= 11 is 3.27. The van der Waals surface area contributed by atoms with Crippen LogP contribution in [0.1, 0.15) is 30.3 Å². The van der Waals surface area contributed by atoms with Crippen molar-refractivity contribution in [2.75, 3.05) is 0 Å². The maximum atomic E-state index is 12.1. The molecule has 0 radical (unpaired) electrons. The summed E-state index contributed by atoms with van der Waals surface area (Å²) in [6, 6.07) is 0.262. The standard InChI is InChI=1S/C12H16BrN3O4/c1-2-3-16-6-7(13)4-9(16)11(18)15-8(12(19)20)5-10(14)17/h4,6,8H,2-3,5H2,1H3,(H2,14,17)(H,15,18)(H,19,20). The summed E-state index contributed by atoms with van der Waals surface area (Å²) in [5, 5.41) is 11.3. The number of nitrogens with zero attached hydrogens (tertiary/aromatic N) is 1. The van der Waals surface area contributed by atoms with Gasteiger partial charge in [0.05, 0.1) is 6.42 Å². The normalized spacial score (nSPS) is 11.9. The quantitative estimate of drug-likeness (QED) is 0.675. The SMILES string of the molecule is CCCn1cc(Br)cc1C(=O)NC(CC(N)=O)C(=O)O. The van der Waals surface area contributed by atoms with Crippen molar-refractivity contribution >= 4 is 33.7 Å². The number of nitrogens with two attached hydrogens (primary N) is 1. The Kier molecular flexibility index (Phi) is 5.75. The highest BCUT2D eigenvalue weighted by molar-refractivity contribution is 9.10. The van der Waals surface area contributed by atoms with Crippen molar-refractivity contribution in [1.82, 2.24) is 9.88 Å². The van der Waals surface area contributed by atoms with E-state index in [4.69, 9.17) is 10.8 Å². The Bertz CT molecular complexity index is 527. The number of amides is 2. The van der Waals surface area contributed by atoms with Crippen LogP contribution in [-0.4, -0.2) is 33.5 Å². The molecule has 0 aliphatic carbocycles. The van der Waals surface area contributed by atoms with Crippen LogP contribution in [0, 0.1) is 0 Å². The van der Waals surface area contributed by atoms with Crippen LogP contribution in [-0.2, 0) is 16.1 Å². The highest BCUT2D eigenvalue weighted by atomic mass is 79.9. The van der Waals surface area contributed by atoms with Gasteiger partial charge in [-0.05, 0) is 28.4 Å². The lowest BCUT2D eigenvalue weighted by molar-refractivity contribution is -0.140. The van der Waals surface area contributed by atoms with Gasteiger partial charge in [-0.15, -0.1) is 0 Å². The van der Waals surface area contributed by atoms with Crippen molar-refractivity contribution < 1.29 is 19.5 Å². The summed E-state index contributed by atoms with van der Waals surface area (Å²) in [6.07, 6.45) is 2.12. The molecule has 0 fully saturated rings. The highest BCUT2D eigenvalue weighted by Crippen LogP contribution is 2.15. The van der Waals surface area contributed by atoms with Crippen molar-refractivity contribution in [2.45, 2.75) is 32.4 Å². The number of primary amides is 1. The third-order valence-corrected chi connectivity index (χ3v) is 3.00. The first-order valence-corrected chi connectivity index (χ1v) is 6.82. The molecule has 0 bridgehead atoms. The molecule has 0 aliphatic rings. The fourth-order valence-corrected chi connectivity index (χ4v) is 2.19. The molecule has 1 unspecified atom stereocenters. The van der Waals surface area contributed by atoms with Crippen LogP contribution in [0.5, 0.6) is 0 Å². The molecular weight excluding hydrogens is 330 g/mol. The van der Waals surface area contributed by atoms with Crippen LogP contribution >= 0.6 is 15.9 Å². The van der Waals surface area contributed by atoms with Gasteiger partial charge in [-0.25, -0.2) is 4.79 Å². The lowest BCUT2D eigenvalue weighted by atomic mass is 10.2. The van der Waals surface area contributed by atoms with Gasteiger partial charge >= 0.3 is 5.97 Å². The van der Waals surface area contributed by atoms with E-state index in [0.717, 1.165) is 10.9 Å². The summed E-state index contributed by atoms with van der Waals surface area (Å²) in [4.78, 5) is 33.9. The second kappa shape index (κ2) is 7.09. The molecule has 1 heterocycles. The van der Waals surface area contributed by atoms with Crippen molar-refractivity contribution in [3.63, 3.8) is 0 Å². The fraction of sp³-hybridized carbons (Fsp3) is 0.417. The maximum absolute atomic E-state index is 12.1. The second-order valence-corrected chi connectivity index (χ2v) is 5.19. The number of halogens is 1. The Morgan fingerprint density at radius 1 is 1.50 bits per heavy atom. The Balaban J connectivity index is 2.88. The summed E-state index contributed by atoms with van der Waals surface area (Å²) in [5.74, 6) is -2.65. The van der Waals surface area contributed by atoms with E-state index in [-0.39, 0.29) is 0 Å².